The van der Waals surface area contributed by atoms with E-state index in [4.69, 9.17) is 9.47 Å². The Kier molecular flexibility index (Phi) is 2.65. The van der Waals surface area contributed by atoms with Crippen LogP contribution in [0.1, 0.15) is 26.2 Å². The molecule has 0 aromatic heterocycles. The highest BCUT2D eigenvalue weighted by atomic mass is 16.5. The lowest BCUT2D eigenvalue weighted by Crippen LogP contribution is -2.28. The smallest absolute Gasteiger partial charge is 0.167 e. The molecule has 0 aromatic carbocycles. The molecule has 2 aliphatic heterocycles. The van der Waals surface area contributed by atoms with Crippen LogP contribution in [0.4, 0.5) is 0 Å². The Bertz CT molecular complexity index is 196. The number of carbonyl (C=O) groups excluding carboxylic acids is 1. The number of Topliss-reactive ketones (excluding diaryl/α,β-unsaturated/α-hetero) is 1. The molecule has 0 N–H and O–H groups in total. The van der Waals surface area contributed by atoms with E-state index in [0.29, 0.717) is 6.61 Å². The van der Waals surface area contributed by atoms with Gasteiger partial charge in [0.15, 0.2) is 5.78 Å². The Hall–Kier alpha value is -0.410. The van der Waals surface area contributed by atoms with Crippen LogP contribution in [0.25, 0.3) is 0 Å². The van der Waals surface area contributed by atoms with Gasteiger partial charge in [-0.25, -0.2) is 0 Å². The first-order valence-electron chi connectivity index (χ1n) is 5.04. The number of rotatable bonds is 2. The molecule has 0 aliphatic carbocycles. The average molecular weight is 184 g/mol. The molecular weight excluding hydrogens is 168 g/mol. The first kappa shape index (κ1) is 9.16. The second-order valence-corrected chi connectivity index (χ2v) is 3.98. The van der Waals surface area contributed by atoms with Crippen LogP contribution in [-0.2, 0) is 14.3 Å². The summed E-state index contributed by atoms with van der Waals surface area (Å²) in [5.74, 6) is 0.372. The molecule has 3 unspecified atom stereocenters. The van der Waals surface area contributed by atoms with E-state index in [-0.39, 0.29) is 23.9 Å². The summed E-state index contributed by atoms with van der Waals surface area (Å²) in [6.07, 6.45) is 2.92. The molecule has 0 aromatic rings. The fourth-order valence-electron chi connectivity index (χ4n) is 2.03. The molecule has 13 heavy (non-hydrogen) atoms. The largest absolute Gasteiger partial charge is 0.381 e. The van der Waals surface area contributed by atoms with Crippen molar-refractivity contribution in [3.8, 4) is 0 Å². The fraction of sp³-hybridized carbons (Fsp3) is 0.900. The number of carbonyl (C=O) groups is 1. The maximum absolute atomic E-state index is 11.8. The molecule has 3 atom stereocenters. The monoisotopic (exact) mass is 184 g/mol. The van der Waals surface area contributed by atoms with Gasteiger partial charge in [-0.2, -0.15) is 0 Å². The maximum atomic E-state index is 11.8. The summed E-state index contributed by atoms with van der Waals surface area (Å²) < 4.78 is 10.7. The Balaban J connectivity index is 1.89. The highest BCUT2D eigenvalue weighted by Gasteiger charge is 2.34. The third kappa shape index (κ3) is 1.92. The van der Waals surface area contributed by atoms with Crippen molar-refractivity contribution in [2.24, 2.45) is 5.92 Å². The summed E-state index contributed by atoms with van der Waals surface area (Å²) in [5.41, 5.74) is 0. The zero-order valence-corrected chi connectivity index (χ0v) is 7.99. The van der Waals surface area contributed by atoms with E-state index < -0.39 is 0 Å². The predicted octanol–water partition coefficient (Wildman–Crippen LogP) is 1.16. The number of ketones is 1. The van der Waals surface area contributed by atoms with Crippen molar-refractivity contribution in [3.63, 3.8) is 0 Å². The maximum Gasteiger partial charge on any atom is 0.167 e. The lowest BCUT2D eigenvalue weighted by atomic mass is 9.97. The van der Waals surface area contributed by atoms with Crippen molar-refractivity contribution in [3.05, 3.63) is 0 Å². The SMILES string of the molecule is CC1CCC(C(=O)C2CCOC2)O1. The molecule has 0 spiro atoms. The Morgan fingerprint density at radius 3 is 2.69 bits per heavy atom. The van der Waals surface area contributed by atoms with Gasteiger partial charge in [-0.05, 0) is 26.2 Å². The Morgan fingerprint density at radius 1 is 1.31 bits per heavy atom. The second kappa shape index (κ2) is 3.76. The van der Waals surface area contributed by atoms with E-state index in [2.05, 4.69) is 0 Å². The van der Waals surface area contributed by atoms with E-state index in [1.165, 1.54) is 0 Å². The van der Waals surface area contributed by atoms with Gasteiger partial charge in [0, 0.05) is 12.5 Å². The Morgan fingerprint density at radius 2 is 2.15 bits per heavy atom. The Labute approximate surface area is 78.4 Å². The van der Waals surface area contributed by atoms with Crippen LogP contribution in [-0.4, -0.2) is 31.2 Å². The lowest BCUT2D eigenvalue weighted by Gasteiger charge is -2.13. The summed E-state index contributed by atoms with van der Waals surface area (Å²) in [5, 5.41) is 0. The van der Waals surface area contributed by atoms with Gasteiger partial charge in [0.05, 0.1) is 12.7 Å². The van der Waals surface area contributed by atoms with Crippen LogP contribution >= 0.6 is 0 Å². The normalized spacial score (nSPS) is 39.6. The van der Waals surface area contributed by atoms with Crippen molar-refractivity contribution < 1.29 is 14.3 Å². The topological polar surface area (TPSA) is 35.5 Å². The molecule has 74 valence electrons. The van der Waals surface area contributed by atoms with Crippen LogP contribution in [0.3, 0.4) is 0 Å². The van der Waals surface area contributed by atoms with E-state index in [1.54, 1.807) is 0 Å². The molecule has 0 bridgehead atoms. The van der Waals surface area contributed by atoms with Gasteiger partial charge in [0.2, 0.25) is 0 Å². The molecule has 2 rings (SSSR count). The lowest BCUT2D eigenvalue weighted by molar-refractivity contribution is -0.133. The van der Waals surface area contributed by atoms with Gasteiger partial charge in [-0.3, -0.25) is 4.79 Å². The van der Waals surface area contributed by atoms with Crippen LogP contribution in [0.15, 0.2) is 0 Å². The summed E-state index contributed by atoms with van der Waals surface area (Å²) in [6, 6.07) is 0. The quantitative estimate of drug-likeness (QED) is 0.646. The zero-order valence-electron chi connectivity index (χ0n) is 7.99. The van der Waals surface area contributed by atoms with Crippen LogP contribution in [0, 0.1) is 5.92 Å². The summed E-state index contributed by atoms with van der Waals surface area (Å²) >= 11 is 0. The van der Waals surface area contributed by atoms with Crippen molar-refractivity contribution in [1.82, 2.24) is 0 Å². The zero-order chi connectivity index (χ0) is 9.26. The van der Waals surface area contributed by atoms with Gasteiger partial charge in [-0.1, -0.05) is 0 Å². The third-order valence-electron chi connectivity index (χ3n) is 2.88. The van der Waals surface area contributed by atoms with Crippen LogP contribution < -0.4 is 0 Å². The number of ether oxygens (including phenoxy) is 2. The molecule has 3 heteroatoms. The molecular formula is C10H16O3. The second-order valence-electron chi connectivity index (χ2n) is 3.98. The van der Waals surface area contributed by atoms with Crippen molar-refractivity contribution in [2.75, 3.05) is 13.2 Å². The summed E-state index contributed by atoms with van der Waals surface area (Å²) in [4.78, 5) is 11.8. The third-order valence-corrected chi connectivity index (χ3v) is 2.88. The molecule has 2 fully saturated rings. The minimum atomic E-state index is -0.137. The minimum absolute atomic E-state index is 0.107. The van der Waals surface area contributed by atoms with Crippen LogP contribution in [0.2, 0.25) is 0 Å². The van der Waals surface area contributed by atoms with Crippen molar-refractivity contribution in [2.45, 2.75) is 38.4 Å². The number of hydrogen-bond donors (Lipinski definition) is 0. The summed E-state index contributed by atoms with van der Waals surface area (Å²) in [7, 11) is 0. The van der Waals surface area contributed by atoms with Gasteiger partial charge in [0.25, 0.3) is 0 Å². The van der Waals surface area contributed by atoms with E-state index in [9.17, 15) is 4.79 Å². The van der Waals surface area contributed by atoms with E-state index in [0.717, 1.165) is 25.9 Å². The highest BCUT2D eigenvalue weighted by Crippen LogP contribution is 2.25. The number of hydrogen-bond acceptors (Lipinski definition) is 3. The van der Waals surface area contributed by atoms with Crippen molar-refractivity contribution >= 4 is 5.78 Å². The van der Waals surface area contributed by atoms with Gasteiger partial charge >= 0.3 is 0 Å². The molecule has 0 radical (unpaired) electrons. The molecule has 0 saturated carbocycles. The first-order chi connectivity index (χ1) is 6.27. The molecule has 2 aliphatic rings. The molecule has 3 nitrogen and oxygen atoms in total. The minimum Gasteiger partial charge on any atom is -0.381 e. The highest BCUT2D eigenvalue weighted by molar-refractivity contribution is 5.86. The van der Waals surface area contributed by atoms with E-state index >= 15 is 0 Å². The average Bonchev–Trinajstić information content (AvgIpc) is 2.72. The van der Waals surface area contributed by atoms with Gasteiger partial charge < -0.3 is 9.47 Å². The van der Waals surface area contributed by atoms with Gasteiger partial charge in [-0.15, -0.1) is 0 Å². The standard InChI is InChI=1S/C10H16O3/c1-7-2-3-9(13-7)10(11)8-4-5-12-6-8/h7-9H,2-6H2,1H3. The van der Waals surface area contributed by atoms with Crippen molar-refractivity contribution in [1.29, 1.82) is 0 Å². The van der Waals surface area contributed by atoms with Crippen LogP contribution in [0.5, 0.6) is 0 Å². The van der Waals surface area contributed by atoms with E-state index in [1.807, 2.05) is 6.92 Å². The molecule has 2 heterocycles. The summed E-state index contributed by atoms with van der Waals surface area (Å²) in [6.45, 7) is 3.37. The fourth-order valence-corrected chi connectivity index (χ4v) is 2.03. The molecule has 0 amide bonds. The predicted molar refractivity (Wildman–Crippen MR) is 47.5 cm³/mol. The molecule has 2 saturated heterocycles. The van der Waals surface area contributed by atoms with Gasteiger partial charge in [0.1, 0.15) is 6.10 Å². The first-order valence-corrected chi connectivity index (χ1v) is 5.04.